The number of hydrogen-bond acceptors (Lipinski definition) is 5. The van der Waals surface area contributed by atoms with E-state index < -0.39 is 29.6 Å². The first-order valence-corrected chi connectivity index (χ1v) is 13.0. The molecular formula is C32H30F3N3O5. The first-order chi connectivity index (χ1) is 20.3. The van der Waals surface area contributed by atoms with Crippen molar-refractivity contribution in [2.45, 2.75) is 38.5 Å². The molecule has 0 fully saturated rings. The summed E-state index contributed by atoms with van der Waals surface area (Å²) >= 11 is 0. The zero-order chi connectivity index (χ0) is 31.6. The molecule has 0 radical (unpaired) electrons. The highest BCUT2D eigenvalue weighted by molar-refractivity contribution is 6.08. The van der Waals surface area contributed by atoms with Gasteiger partial charge in [-0.2, -0.15) is 13.2 Å². The van der Waals surface area contributed by atoms with E-state index in [4.69, 9.17) is 14.3 Å². The number of halogens is 3. The molecule has 0 saturated heterocycles. The molecule has 2 N–H and O–H groups in total. The average Bonchev–Trinajstić information content (AvgIpc) is 3.50. The summed E-state index contributed by atoms with van der Waals surface area (Å²) in [6.07, 6.45) is 3.62. The van der Waals surface area contributed by atoms with Crippen LogP contribution in [0.3, 0.4) is 0 Å². The molecule has 224 valence electrons. The minimum Gasteiger partial charge on any atom is -0.475 e. The first-order valence-electron chi connectivity index (χ1n) is 13.0. The molecule has 4 rings (SSSR count). The van der Waals surface area contributed by atoms with E-state index in [1.54, 1.807) is 36.7 Å². The highest BCUT2D eigenvalue weighted by atomic mass is 19.4. The number of carboxylic acid groups (broad SMARTS) is 1. The summed E-state index contributed by atoms with van der Waals surface area (Å²) in [6, 6.07) is 23.3. The van der Waals surface area contributed by atoms with Crippen LogP contribution in [0.2, 0.25) is 0 Å². The molecule has 2 aromatic carbocycles. The van der Waals surface area contributed by atoms with Crippen molar-refractivity contribution < 1.29 is 37.1 Å². The van der Waals surface area contributed by atoms with E-state index in [-0.39, 0.29) is 11.7 Å². The van der Waals surface area contributed by atoms with Crippen molar-refractivity contribution in [3.8, 4) is 0 Å². The number of aromatic nitrogens is 1. The van der Waals surface area contributed by atoms with Gasteiger partial charge in [0, 0.05) is 29.2 Å². The SMILES string of the molecule is CC(C)(C)NC(=O)C(c1cccnc1)N(C(=O)c1ccco1)c1ccc(/C=C/c2ccccc2)cc1.O=C(O)C(F)(F)F. The van der Waals surface area contributed by atoms with Gasteiger partial charge in [-0.3, -0.25) is 19.5 Å². The van der Waals surface area contributed by atoms with Crippen molar-refractivity contribution in [1.29, 1.82) is 0 Å². The van der Waals surface area contributed by atoms with Crippen LogP contribution in [-0.2, 0) is 9.59 Å². The number of nitrogens with zero attached hydrogens (tertiary/aromatic N) is 2. The standard InChI is InChI=1S/C30H29N3O3.C2HF3O2/c1-30(2,3)32-28(34)27(24-11-7-19-31-21-24)33(29(35)26-12-8-20-36-26)25-17-15-23(16-18-25)14-13-22-9-5-4-6-10-22;3-2(4,5)1(6)7/h4-21,27H,1-3H3,(H,32,34);(H,6,7)/b14-13+;. The molecular weight excluding hydrogens is 563 g/mol. The third-order valence-electron chi connectivity index (χ3n) is 5.64. The Labute approximate surface area is 246 Å². The van der Waals surface area contributed by atoms with E-state index in [2.05, 4.69) is 10.3 Å². The molecule has 11 heteroatoms. The van der Waals surface area contributed by atoms with Crippen molar-refractivity contribution in [2.75, 3.05) is 4.90 Å². The Morgan fingerprint density at radius 2 is 1.49 bits per heavy atom. The van der Waals surface area contributed by atoms with Gasteiger partial charge in [-0.15, -0.1) is 0 Å². The molecule has 0 aliphatic carbocycles. The number of anilines is 1. The highest BCUT2D eigenvalue weighted by Crippen LogP contribution is 2.31. The van der Waals surface area contributed by atoms with E-state index in [0.29, 0.717) is 11.3 Å². The lowest BCUT2D eigenvalue weighted by atomic mass is 10.0. The van der Waals surface area contributed by atoms with Gasteiger partial charge >= 0.3 is 12.1 Å². The fourth-order valence-corrected chi connectivity index (χ4v) is 3.80. The Morgan fingerprint density at radius 1 is 0.884 bits per heavy atom. The second-order valence-corrected chi connectivity index (χ2v) is 10.2. The quantitative estimate of drug-likeness (QED) is 0.229. The maximum absolute atomic E-state index is 13.7. The molecule has 0 spiro atoms. The summed E-state index contributed by atoms with van der Waals surface area (Å²) in [4.78, 5) is 41.9. The molecule has 4 aromatic rings. The Morgan fingerprint density at radius 3 is 1.98 bits per heavy atom. The van der Waals surface area contributed by atoms with Gasteiger partial charge in [0.25, 0.3) is 5.91 Å². The van der Waals surface area contributed by atoms with Crippen molar-refractivity contribution in [3.05, 3.63) is 120 Å². The van der Waals surface area contributed by atoms with Gasteiger partial charge in [0.15, 0.2) is 5.76 Å². The molecule has 2 amide bonds. The third kappa shape index (κ3) is 9.70. The Bertz CT molecular complexity index is 1510. The van der Waals surface area contributed by atoms with Crippen LogP contribution in [0.25, 0.3) is 12.2 Å². The summed E-state index contributed by atoms with van der Waals surface area (Å²) in [7, 11) is 0. The van der Waals surface area contributed by atoms with E-state index in [1.165, 1.54) is 11.2 Å². The molecule has 0 saturated carbocycles. The van der Waals surface area contributed by atoms with Crippen molar-refractivity contribution in [2.24, 2.45) is 0 Å². The molecule has 2 heterocycles. The first kappa shape index (κ1) is 32.3. The summed E-state index contributed by atoms with van der Waals surface area (Å²) < 4.78 is 37.2. The largest absolute Gasteiger partial charge is 0.490 e. The molecule has 0 aliphatic rings. The van der Waals surface area contributed by atoms with Crippen molar-refractivity contribution in [1.82, 2.24) is 10.3 Å². The van der Waals surface area contributed by atoms with Crippen LogP contribution in [0.1, 0.15) is 54.1 Å². The summed E-state index contributed by atoms with van der Waals surface area (Å²) in [6.45, 7) is 5.70. The summed E-state index contributed by atoms with van der Waals surface area (Å²) in [5, 5.41) is 10.1. The van der Waals surface area contributed by atoms with Crippen LogP contribution >= 0.6 is 0 Å². The second kappa shape index (κ2) is 14.1. The molecule has 1 atom stereocenters. The fourth-order valence-electron chi connectivity index (χ4n) is 3.80. The number of furan rings is 1. The topological polar surface area (TPSA) is 113 Å². The number of carbonyl (C=O) groups is 3. The van der Waals surface area contributed by atoms with Gasteiger partial charge in [0.1, 0.15) is 6.04 Å². The van der Waals surface area contributed by atoms with Gasteiger partial charge in [-0.1, -0.05) is 60.7 Å². The van der Waals surface area contributed by atoms with Gasteiger partial charge < -0.3 is 14.8 Å². The molecule has 0 bridgehead atoms. The molecule has 1 unspecified atom stereocenters. The lowest BCUT2D eigenvalue weighted by Crippen LogP contribution is -2.49. The number of carbonyl (C=O) groups excluding carboxylic acids is 2. The van der Waals surface area contributed by atoms with Crippen molar-refractivity contribution in [3.63, 3.8) is 0 Å². The van der Waals surface area contributed by atoms with E-state index in [1.807, 2.05) is 87.5 Å². The summed E-state index contributed by atoms with van der Waals surface area (Å²) in [5.41, 5.74) is 2.71. The zero-order valence-corrected chi connectivity index (χ0v) is 23.6. The molecule has 0 aliphatic heterocycles. The maximum atomic E-state index is 13.7. The van der Waals surface area contributed by atoms with Crippen molar-refractivity contribution >= 4 is 35.6 Å². The number of pyridine rings is 1. The number of benzene rings is 2. The van der Waals surface area contributed by atoms with E-state index >= 15 is 0 Å². The average molecular weight is 594 g/mol. The van der Waals surface area contributed by atoms with E-state index in [0.717, 1.165) is 11.1 Å². The minimum atomic E-state index is -5.08. The minimum absolute atomic E-state index is 0.139. The van der Waals surface area contributed by atoms with Gasteiger partial charge in [-0.05, 0) is 62.2 Å². The third-order valence-corrected chi connectivity index (χ3v) is 5.64. The molecule has 8 nitrogen and oxygen atoms in total. The molecule has 43 heavy (non-hydrogen) atoms. The lowest BCUT2D eigenvalue weighted by Gasteiger charge is -2.33. The van der Waals surface area contributed by atoms with Crippen LogP contribution in [-0.4, -0.2) is 39.6 Å². The smallest absolute Gasteiger partial charge is 0.475 e. The fraction of sp³-hybridized carbons (Fsp3) is 0.188. The number of hydrogen-bond donors (Lipinski definition) is 2. The Hall–Kier alpha value is -5.19. The lowest BCUT2D eigenvalue weighted by molar-refractivity contribution is -0.192. The van der Waals surface area contributed by atoms with Crippen LogP contribution in [0.5, 0.6) is 0 Å². The Balaban J connectivity index is 0.000000646. The Kier molecular flexibility index (Phi) is 10.6. The van der Waals surface area contributed by atoms with Gasteiger partial charge in [-0.25, -0.2) is 4.79 Å². The number of carboxylic acids is 1. The molecule has 2 aromatic heterocycles. The predicted octanol–water partition coefficient (Wildman–Crippen LogP) is 6.78. The number of aliphatic carboxylic acids is 1. The monoisotopic (exact) mass is 593 g/mol. The number of nitrogens with one attached hydrogen (secondary N) is 1. The van der Waals surface area contributed by atoms with Gasteiger partial charge in [0.05, 0.1) is 6.26 Å². The van der Waals surface area contributed by atoms with Gasteiger partial charge in [0.2, 0.25) is 5.91 Å². The van der Waals surface area contributed by atoms with E-state index in [9.17, 15) is 22.8 Å². The maximum Gasteiger partial charge on any atom is 0.490 e. The number of rotatable bonds is 7. The summed E-state index contributed by atoms with van der Waals surface area (Å²) in [5.74, 6) is -3.36. The van der Waals surface area contributed by atoms with Crippen LogP contribution in [0.15, 0.2) is 102 Å². The highest BCUT2D eigenvalue weighted by Gasteiger charge is 2.38. The zero-order valence-electron chi connectivity index (χ0n) is 23.6. The number of alkyl halides is 3. The number of amides is 2. The van der Waals surface area contributed by atoms with Crippen LogP contribution in [0, 0.1) is 0 Å². The predicted molar refractivity (Wildman–Crippen MR) is 156 cm³/mol. The van der Waals surface area contributed by atoms with Crippen LogP contribution < -0.4 is 10.2 Å². The van der Waals surface area contributed by atoms with Crippen LogP contribution in [0.4, 0.5) is 18.9 Å². The second-order valence-electron chi connectivity index (χ2n) is 10.2. The normalized spacial score (nSPS) is 12.1.